The van der Waals surface area contributed by atoms with E-state index < -0.39 is 0 Å². The summed E-state index contributed by atoms with van der Waals surface area (Å²) in [7, 11) is 0. The highest BCUT2D eigenvalue weighted by atomic mass is 16.2. The average Bonchev–Trinajstić information content (AvgIpc) is 2.71. The Morgan fingerprint density at radius 1 is 1.12 bits per heavy atom. The van der Waals surface area contributed by atoms with Gasteiger partial charge in [-0.3, -0.25) is 9.78 Å². The fourth-order valence-corrected chi connectivity index (χ4v) is 3.55. The molecule has 0 aliphatic carbocycles. The summed E-state index contributed by atoms with van der Waals surface area (Å²) in [6.07, 6.45) is 1.80. The van der Waals surface area contributed by atoms with Crippen LogP contribution in [0.4, 0.5) is 5.69 Å². The highest BCUT2D eigenvalue weighted by molar-refractivity contribution is 5.93. The molecule has 4 rings (SSSR count). The predicted molar refractivity (Wildman–Crippen MR) is 105 cm³/mol. The summed E-state index contributed by atoms with van der Waals surface area (Å²) in [6, 6.07) is 18.5. The Morgan fingerprint density at radius 3 is 2.73 bits per heavy atom. The van der Waals surface area contributed by atoms with Gasteiger partial charge in [-0.1, -0.05) is 49.4 Å². The molecule has 4 nitrogen and oxygen atoms in total. The zero-order chi connectivity index (χ0) is 17.9. The number of pyridine rings is 1. The third-order valence-corrected chi connectivity index (χ3v) is 5.04. The number of nitrogens with zero attached hydrogens (tertiary/aromatic N) is 2. The first-order valence-corrected chi connectivity index (χ1v) is 9.21. The molecule has 0 radical (unpaired) electrons. The largest absolute Gasteiger partial charge is 0.376 e. The minimum Gasteiger partial charge on any atom is -0.376 e. The topological polar surface area (TPSA) is 45.2 Å². The number of carbonyl (C=O) groups excluding carboxylic acids is 1. The van der Waals surface area contributed by atoms with Crippen molar-refractivity contribution >= 4 is 22.5 Å². The van der Waals surface area contributed by atoms with Gasteiger partial charge >= 0.3 is 0 Å². The van der Waals surface area contributed by atoms with Gasteiger partial charge in [0.1, 0.15) is 0 Å². The van der Waals surface area contributed by atoms with Crippen LogP contribution in [0.1, 0.15) is 23.7 Å². The van der Waals surface area contributed by atoms with Crippen molar-refractivity contribution in [1.29, 1.82) is 0 Å². The molecule has 2 aromatic carbocycles. The van der Waals surface area contributed by atoms with Crippen molar-refractivity contribution in [3.8, 4) is 0 Å². The second-order valence-electron chi connectivity index (χ2n) is 6.72. The normalized spacial score (nSPS) is 13.5. The zero-order valence-corrected chi connectivity index (χ0v) is 15.0. The van der Waals surface area contributed by atoms with E-state index in [1.807, 2.05) is 35.2 Å². The van der Waals surface area contributed by atoms with Gasteiger partial charge in [0.25, 0.3) is 0 Å². The molecule has 0 saturated heterocycles. The van der Waals surface area contributed by atoms with E-state index in [4.69, 9.17) is 0 Å². The van der Waals surface area contributed by atoms with Gasteiger partial charge in [0.2, 0.25) is 5.91 Å². The van der Waals surface area contributed by atoms with Crippen molar-refractivity contribution in [2.75, 3.05) is 18.4 Å². The lowest BCUT2D eigenvalue weighted by Crippen LogP contribution is -2.39. The maximum atomic E-state index is 12.7. The van der Waals surface area contributed by atoms with Gasteiger partial charge in [-0.2, -0.15) is 0 Å². The van der Waals surface area contributed by atoms with Gasteiger partial charge in [-0.25, -0.2) is 0 Å². The summed E-state index contributed by atoms with van der Waals surface area (Å²) in [5.74, 6) is 0.137. The number of carbonyl (C=O) groups is 1. The monoisotopic (exact) mass is 345 g/mol. The Labute approximate surface area is 153 Å². The number of nitrogens with one attached hydrogen (secondary N) is 1. The first-order valence-electron chi connectivity index (χ1n) is 9.21. The molecule has 0 saturated carbocycles. The van der Waals surface area contributed by atoms with Crippen LogP contribution in [0.3, 0.4) is 0 Å². The highest BCUT2D eigenvalue weighted by Gasteiger charge is 2.20. The third-order valence-electron chi connectivity index (χ3n) is 5.04. The molecule has 0 spiro atoms. The number of hydrogen-bond acceptors (Lipinski definition) is 3. The van der Waals surface area contributed by atoms with Gasteiger partial charge < -0.3 is 10.2 Å². The predicted octanol–water partition coefficient (Wildman–Crippen LogP) is 3.79. The van der Waals surface area contributed by atoms with E-state index in [9.17, 15) is 4.79 Å². The van der Waals surface area contributed by atoms with Crippen LogP contribution in [-0.4, -0.2) is 28.9 Å². The standard InChI is InChI=1S/C22H23N3O/c1-2-18-13-21(19-9-5-6-10-20(19)24-18)23-14-22(26)25-12-11-16-7-3-4-8-17(16)15-25/h3-10,13H,2,11-12,14-15H2,1H3,(H,23,24). The summed E-state index contributed by atoms with van der Waals surface area (Å²) < 4.78 is 0. The minimum atomic E-state index is 0.137. The molecule has 132 valence electrons. The number of aryl methyl sites for hydroxylation is 1. The number of aromatic nitrogens is 1. The number of hydrogen-bond donors (Lipinski definition) is 1. The highest BCUT2D eigenvalue weighted by Crippen LogP contribution is 2.24. The van der Waals surface area contributed by atoms with Crippen LogP contribution in [0.2, 0.25) is 0 Å². The first-order chi connectivity index (χ1) is 12.7. The molecule has 1 aliphatic rings. The zero-order valence-electron chi connectivity index (χ0n) is 15.0. The van der Waals surface area contributed by atoms with Crippen LogP contribution < -0.4 is 5.32 Å². The van der Waals surface area contributed by atoms with Crippen LogP contribution in [0.5, 0.6) is 0 Å². The van der Waals surface area contributed by atoms with Crippen molar-refractivity contribution in [1.82, 2.24) is 9.88 Å². The van der Waals surface area contributed by atoms with Crippen molar-refractivity contribution in [3.05, 3.63) is 71.4 Å². The summed E-state index contributed by atoms with van der Waals surface area (Å²) in [6.45, 7) is 3.89. The Morgan fingerprint density at radius 2 is 1.88 bits per heavy atom. The van der Waals surface area contributed by atoms with Gasteiger partial charge in [0.15, 0.2) is 0 Å². The van der Waals surface area contributed by atoms with E-state index in [0.717, 1.165) is 41.7 Å². The summed E-state index contributed by atoms with van der Waals surface area (Å²) in [5, 5.41) is 4.41. The van der Waals surface area contributed by atoms with Gasteiger partial charge in [-0.15, -0.1) is 0 Å². The quantitative estimate of drug-likeness (QED) is 0.782. The molecule has 3 aromatic rings. The number of benzene rings is 2. The van der Waals surface area contributed by atoms with E-state index >= 15 is 0 Å². The number of anilines is 1. The van der Waals surface area contributed by atoms with Crippen LogP contribution in [-0.2, 0) is 24.2 Å². The van der Waals surface area contributed by atoms with Gasteiger partial charge in [0.05, 0.1) is 12.1 Å². The summed E-state index contributed by atoms with van der Waals surface area (Å²) in [4.78, 5) is 19.3. The lowest BCUT2D eigenvalue weighted by molar-refractivity contribution is -0.130. The molecule has 1 aromatic heterocycles. The maximum Gasteiger partial charge on any atom is 0.242 e. The Hall–Kier alpha value is -2.88. The van der Waals surface area contributed by atoms with E-state index in [0.29, 0.717) is 13.1 Å². The second-order valence-corrected chi connectivity index (χ2v) is 6.72. The summed E-state index contributed by atoms with van der Waals surface area (Å²) in [5.41, 5.74) is 5.60. The van der Waals surface area contributed by atoms with Crippen molar-refractivity contribution in [2.45, 2.75) is 26.3 Å². The maximum absolute atomic E-state index is 12.7. The minimum absolute atomic E-state index is 0.137. The smallest absolute Gasteiger partial charge is 0.242 e. The molecular formula is C22H23N3O. The molecular weight excluding hydrogens is 322 g/mol. The molecule has 0 atom stereocenters. The second kappa shape index (κ2) is 7.16. The van der Waals surface area contributed by atoms with Crippen molar-refractivity contribution in [3.63, 3.8) is 0 Å². The number of para-hydroxylation sites is 1. The van der Waals surface area contributed by atoms with Crippen LogP contribution in [0.15, 0.2) is 54.6 Å². The molecule has 1 aliphatic heterocycles. The van der Waals surface area contributed by atoms with E-state index in [1.165, 1.54) is 11.1 Å². The number of fused-ring (bicyclic) bond motifs is 2. The molecule has 4 heteroatoms. The molecule has 0 bridgehead atoms. The lowest BCUT2D eigenvalue weighted by atomic mass is 10.00. The van der Waals surface area contributed by atoms with Gasteiger partial charge in [0, 0.05) is 29.9 Å². The Balaban J connectivity index is 1.49. The fraction of sp³-hybridized carbons (Fsp3) is 0.273. The van der Waals surface area contributed by atoms with Crippen molar-refractivity contribution < 1.29 is 4.79 Å². The molecule has 1 amide bonds. The number of amides is 1. The number of rotatable bonds is 4. The van der Waals surface area contributed by atoms with Crippen molar-refractivity contribution in [2.24, 2.45) is 0 Å². The van der Waals surface area contributed by atoms with Crippen LogP contribution >= 0.6 is 0 Å². The SMILES string of the molecule is CCc1cc(NCC(=O)N2CCc3ccccc3C2)c2ccccc2n1. The third kappa shape index (κ3) is 3.27. The first kappa shape index (κ1) is 16.6. The Bertz CT molecular complexity index is 951. The molecule has 0 fully saturated rings. The average molecular weight is 345 g/mol. The molecule has 1 N–H and O–H groups in total. The molecule has 0 unspecified atom stereocenters. The van der Waals surface area contributed by atoms with E-state index in [-0.39, 0.29) is 5.91 Å². The molecule has 2 heterocycles. The lowest BCUT2D eigenvalue weighted by Gasteiger charge is -2.29. The summed E-state index contributed by atoms with van der Waals surface area (Å²) >= 11 is 0. The van der Waals surface area contributed by atoms with Gasteiger partial charge in [-0.05, 0) is 36.1 Å². The van der Waals surface area contributed by atoms with E-state index in [1.54, 1.807) is 0 Å². The van der Waals surface area contributed by atoms with Crippen LogP contribution in [0, 0.1) is 0 Å². The Kier molecular flexibility index (Phi) is 4.57. The fourth-order valence-electron chi connectivity index (χ4n) is 3.55. The van der Waals surface area contributed by atoms with E-state index in [2.05, 4.69) is 41.5 Å². The van der Waals surface area contributed by atoms with Crippen LogP contribution in [0.25, 0.3) is 10.9 Å². The molecule has 26 heavy (non-hydrogen) atoms.